The molecular formula is C28H22FNS. The maximum atomic E-state index is 14.2. The first kappa shape index (κ1) is 20.9. The van der Waals surface area contributed by atoms with Crippen LogP contribution in [0, 0.1) is 17.7 Å². The Morgan fingerprint density at radius 3 is 2.45 bits per heavy atom. The number of halogens is 1. The number of benzene rings is 3. The van der Waals surface area contributed by atoms with Gasteiger partial charge in [-0.15, -0.1) is 0 Å². The zero-order valence-corrected chi connectivity index (χ0v) is 18.2. The average Bonchev–Trinajstić information content (AvgIpc) is 2.80. The Kier molecular flexibility index (Phi) is 6.53. The fourth-order valence-corrected chi connectivity index (χ4v) is 3.93. The van der Waals surface area contributed by atoms with E-state index in [0.29, 0.717) is 0 Å². The lowest BCUT2D eigenvalue weighted by atomic mass is 9.88. The lowest BCUT2D eigenvalue weighted by molar-refractivity contribution is 0.629. The molecule has 0 radical (unpaired) electrons. The van der Waals surface area contributed by atoms with E-state index in [1.165, 1.54) is 17.2 Å². The van der Waals surface area contributed by atoms with Crippen molar-refractivity contribution in [2.24, 2.45) is 4.99 Å². The first-order chi connectivity index (χ1) is 15.2. The molecule has 3 aromatic carbocycles. The predicted octanol–water partition coefficient (Wildman–Crippen LogP) is 7.40. The molecule has 0 spiro atoms. The molecule has 0 amide bonds. The van der Waals surface area contributed by atoms with E-state index in [1.807, 2.05) is 6.07 Å². The minimum absolute atomic E-state index is 0.221. The number of thiocarbonyl (C=S) groups is 1. The molecule has 0 unspecified atom stereocenters. The second-order valence-electron chi connectivity index (χ2n) is 7.65. The molecule has 1 nitrogen and oxygen atoms in total. The summed E-state index contributed by atoms with van der Waals surface area (Å²) in [4.78, 5) is 3.75. The number of nitrogens with zero attached hydrogens (tertiary/aromatic N) is 1. The van der Waals surface area contributed by atoms with Crippen LogP contribution in [0.4, 0.5) is 10.1 Å². The quantitative estimate of drug-likeness (QED) is 0.242. The van der Waals surface area contributed by atoms with Crippen molar-refractivity contribution in [2.45, 2.75) is 32.6 Å². The summed E-state index contributed by atoms with van der Waals surface area (Å²) in [5.41, 5.74) is 8.06. The summed E-state index contributed by atoms with van der Waals surface area (Å²) in [6.07, 6.45) is 6.16. The third-order valence-electron chi connectivity index (χ3n) is 5.46. The van der Waals surface area contributed by atoms with Crippen molar-refractivity contribution in [1.82, 2.24) is 0 Å². The molecule has 0 heterocycles. The summed E-state index contributed by atoms with van der Waals surface area (Å²) in [6, 6.07) is 19.9. The minimum Gasteiger partial charge on any atom is -0.205 e. The Balaban J connectivity index is 1.54. The zero-order valence-electron chi connectivity index (χ0n) is 17.4. The summed E-state index contributed by atoms with van der Waals surface area (Å²) in [5, 5.41) is 2.21. The summed E-state index contributed by atoms with van der Waals surface area (Å²) in [7, 11) is 0. The molecule has 0 saturated heterocycles. The molecule has 0 bridgehead atoms. The smallest absolute Gasteiger partial charge is 0.150 e. The van der Waals surface area contributed by atoms with Crippen LogP contribution in [0.15, 0.2) is 65.7 Å². The SMILES string of the molecule is CCCc1ccc(C#Cc2ccc3c(c2)CCC(c2ccc(N=C=S)c(F)c2)=C3)cc1. The normalized spacial score (nSPS) is 12.1. The highest BCUT2D eigenvalue weighted by atomic mass is 32.1. The Morgan fingerprint density at radius 1 is 0.935 bits per heavy atom. The molecule has 0 saturated carbocycles. The molecule has 0 aliphatic heterocycles. The lowest BCUT2D eigenvalue weighted by Gasteiger charge is -2.17. The van der Waals surface area contributed by atoms with Crippen molar-refractivity contribution in [3.05, 3.63) is 99.9 Å². The van der Waals surface area contributed by atoms with Crippen LogP contribution in [-0.2, 0) is 12.8 Å². The topological polar surface area (TPSA) is 12.4 Å². The molecule has 0 fully saturated rings. The van der Waals surface area contributed by atoms with Crippen molar-refractivity contribution in [3.8, 4) is 11.8 Å². The lowest BCUT2D eigenvalue weighted by Crippen LogP contribution is -2.00. The predicted molar refractivity (Wildman–Crippen MR) is 130 cm³/mol. The highest BCUT2D eigenvalue weighted by molar-refractivity contribution is 7.78. The first-order valence-corrected chi connectivity index (χ1v) is 10.9. The zero-order chi connectivity index (χ0) is 21.6. The largest absolute Gasteiger partial charge is 0.205 e. The number of fused-ring (bicyclic) bond motifs is 1. The van der Waals surface area contributed by atoms with Gasteiger partial charge in [0.2, 0.25) is 0 Å². The van der Waals surface area contributed by atoms with Crippen molar-refractivity contribution < 1.29 is 4.39 Å². The fourth-order valence-electron chi connectivity index (χ4n) is 3.83. The van der Waals surface area contributed by atoms with E-state index in [-0.39, 0.29) is 11.5 Å². The highest BCUT2D eigenvalue weighted by Crippen LogP contribution is 2.32. The van der Waals surface area contributed by atoms with Gasteiger partial charge in [0.1, 0.15) is 11.5 Å². The van der Waals surface area contributed by atoms with Gasteiger partial charge in [-0.3, -0.25) is 0 Å². The second kappa shape index (κ2) is 9.67. The van der Waals surface area contributed by atoms with Gasteiger partial charge in [-0.25, -0.2) is 4.39 Å². The number of hydrogen-bond donors (Lipinski definition) is 0. The fraction of sp³-hybridized carbons (Fsp3) is 0.179. The highest BCUT2D eigenvalue weighted by Gasteiger charge is 2.13. The van der Waals surface area contributed by atoms with Crippen LogP contribution in [0.25, 0.3) is 11.6 Å². The molecule has 0 atom stereocenters. The molecule has 4 rings (SSSR count). The van der Waals surface area contributed by atoms with E-state index in [2.05, 4.69) is 89.7 Å². The van der Waals surface area contributed by atoms with Crippen molar-refractivity contribution >= 4 is 34.7 Å². The van der Waals surface area contributed by atoms with E-state index in [1.54, 1.807) is 6.07 Å². The van der Waals surface area contributed by atoms with E-state index < -0.39 is 0 Å². The number of rotatable bonds is 4. The minimum atomic E-state index is -0.380. The maximum absolute atomic E-state index is 14.2. The number of allylic oxidation sites excluding steroid dienone is 1. The Labute approximate surface area is 188 Å². The van der Waals surface area contributed by atoms with Crippen LogP contribution in [-0.4, -0.2) is 5.16 Å². The number of aliphatic imine (C=N–C) groups is 1. The Morgan fingerprint density at radius 2 is 1.71 bits per heavy atom. The van der Waals surface area contributed by atoms with Crippen molar-refractivity contribution in [2.75, 3.05) is 0 Å². The average molecular weight is 424 g/mol. The molecule has 0 N–H and O–H groups in total. The molecule has 0 aromatic heterocycles. The van der Waals surface area contributed by atoms with E-state index in [4.69, 9.17) is 0 Å². The molecule has 3 aromatic rings. The van der Waals surface area contributed by atoms with Crippen molar-refractivity contribution in [1.29, 1.82) is 0 Å². The van der Waals surface area contributed by atoms with Crippen LogP contribution in [0.1, 0.15) is 53.1 Å². The Hall–Kier alpha value is -3.31. The van der Waals surface area contributed by atoms with Gasteiger partial charge in [-0.05, 0) is 95.7 Å². The van der Waals surface area contributed by atoms with Gasteiger partial charge >= 0.3 is 0 Å². The summed E-state index contributed by atoms with van der Waals surface area (Å²) < 4.78 is 14.2. The standard InChI is InChI=1S/C28H22FNS/c1-2-3-20-4-6-21(7-5-20)8-9-22-10-11-24-17-25(13-12-23(24)16-22)26-14-15-28(30-19-31)27(29)18-26/h4-7,10-11,14-18H,2-3,12-13H2,1H3. The van der Waals surface area contributed by atoms with E-state index in [9.17, 15) is 4.39 Å². The first-order valence-electron chi connectivity index (χ1n) is 10.5. The third kappa shape index (κ3) is 5.06. The van der Waals surface area contributed by atoms with Crippen LogP contribution in [0.3, 0.4) is 0 Å². The summed E-state index contributed by atoms with van der Waals surface area (Å²) in [5.74, 6) is 6.17. The van der Waals surface area contributed by atoms with Crippen LogP contribution < -0.4 is 0 Å². The van der Waals surface area contributed by atoms with Gasteiger partial charge < -0.3 is 0 Å². The van der Waals surface area contributed by atoms with Gasteiger partial charge in [0.15, 0.2) is 0 Å². The van der Waals surface area contributed by atoms with E-state index in [0.717, 1.165) is 53.5 Å². The number of aryl methyl sites for hydroxylation is 2. The van der Waals surface area contributed by atoms with Crippen molar-refractivity contribution in [3.63, 3.8) is 0 Å². The molecule has 3 heteroatoms. The van der Waals surface area contributed by atoms with Gasteiger partial charge in [-0.1, -0.05) is 55.5 Å². The van der Waals surface area contributed by atoms with Gasteiger partial charge in [0.05, 0.1) is 5.16 Å². The Bertz CT molecular complexity index is 1250. The molecule has 31 heavy (non-hydrogen) atoms. The van der Waals surface area contributed by atoms with Crippen LogP contribution in [0.2, 0.25) is 0 Å². The van der Waals surface area contributed by atoms with E-state index >= 15 is 0 Å². The van der Waals surface area contributed by atoms with Gasteiger partial charge in [-0.2, -0.15) is 4.99 Å². The number of hydrogen-bond acceptors (Lipinski definition) is 2. The van der Waals surface area contributed by atoms with Gasteiger partial charge in [0.25, 0.3) is 0 Å². The second-order valence-corrected chi connectivity index (χ2v) is 7.83. The molecule has 152 valence electrons. The summed E-state index contributed by atoms with van der Waals surface area (Å²) >= 11 is 4.56. The van der Waals surface area contributed by atoms with Gasteiger partial charge in [0, 0.05) is 11.1 Å². The molecule has 1 aliphatic rings. The maximum Gasteiger partial charge on any atom is 0.150 e. The summed E-state index contributed by atoms with van der Waals surface area (Å²) in [6.45, 7) is 2.19. The molecule has 1 aliphatic carbocycles. The monoisotopic (exact) mass is 423 g/mol. The van der Waals surface area contributed by atoms with Crippen LogP contribution in [0.5, 0.6) is 0 Å². The molecular weight excluding hydrogens is 401 g/mol. The third-order valence-corrected chi connectivity index (χ3v) is 5.56. The van der Waals surface area contributed by atoms with Crippen LogP contribution >= 0.6 is 12.2 Å². The number of isothiocyanates is 1.